The number of hydrogen-bond donors (Lipinski definition) is 2. The van der Waals surface area contributed by atoms with Gasteiger partial charge in [0.15, 0.2) is 11.5 Å². The number of fused-ring (bicyclic) bond motifs is 3. The molecule has 0 unspecified atom stereocenters. The maximum atomic E-state index is 12.7. The predicted molar refractivity (Wildman–Crippen MR) is 87.0 cm³/mol. The van der Waals surface area contributed by atoms with Gasteiger partial charge in [0.05, 0.1) is 5.57 Å². The van der Waals surface area contributed by atoms with Crippen molar-refractivity contribution in [3.63, 3.8) is 0 Å². The highest BCUT2D eigenvalue weighted by molar-refractivity contribution is 6.26. The van der Waals surface area contributed by atoms with Crippen LogP contribution in [0.2, 0.25) is 0 Å². The summed E-state index contributed by atoms with van der Waals surface area (Å²) in [6.45, 7) is 5.62. The Bertz CT molecular complexity index is 740. The Hall–Kier alpha value is -1.94. The lowest BCUT2D eigenvalue weighted by molar-refractivity contribution is 0.0911. The van der Waals surface area contributed by atoms with Crippen molar-refractivity contribution >= 4 is 11.6 Å². The maximum absolute atomic E-state index is 12.7. The fraction of sp³-hybridized carbons (Fsp3) is 0.474. The minimum absolute atomic E-state index is 0.0278. The van der Waals surface area contributed by atoms with Crippen molar-refractivity contribution in [2.75, 3.05) is 6.61 Å². The van der Waals surface area contributed by atoms with Crippen LogP contribution in [-0.4, -0.2) is 28.4 Å². The van der Waals surface area contributed by atoms with Gasteiger partial charge in [-0.15, -0.1) is 0 Å². The summed E-state index contributed by atoms with van der Waals surface area (Å²) in [5.41, 5.74) is 2.71. The molecular weight excluding hydrogens is 292 g/mol. The van der Waals surface area contributed by atoms with Gasteiger partial charge in [-0.2, -0.15) is 0 Å². The monoisotopic (exact) mass is 314 g/mol. The van der Waals surface area contributed by atoms with Gasteiger partial charge >= 0.3 is 0 Å². The number of aliphatic hydroxyl groups is 2. The Morgan fingerprint density at radius 3 is 2.57 bits per heavy atom. The zero-order valence-electron chi connectivity index (χ0n) is 13.8. The third-order valence-electron chi connectivity index (χ3n) is 5.22. The number of carbonyl (C=O) groups excluding carboxylic acids is 2. The van der Waals surface area contributed by atoms with Gasteiger partial charge in [0.2, 0.25) is 5.78 Å². The molecule has 122 valence electrons. The molecule has 0 saturated carbocycles. The van der Waals surface area contributed by atoms with E-state index < -0.39 is 17.5 Å². The van der Waals surface area contributed by atoms with Crippen LogP contribution < -0.4 is 0 Å². The Labute approximate surface area is 135 Å². The minimum atomic E-state index is -0.563. The van der Waals surface area contributed by atoms with Gasteiger partial charge in [0.1, 0.15) is 0 Å². The topological polar surface area (TPSA) is 74.6 Å². The average molecular weight is 314 g/mol. The quantitative estimate of drug-likeness (QED) is 0.879. The van der Waals surface area contributed by atoms with Gasteiger partial charge in [0.25, 0.3) is 0 Å². The van der Waals surface area contributed by atoms with Crippen molar-refractivity contribution in [2.45, 2.75) is 45.4 Å². The molecule has 0 radical (unpaired) electrons. The second kappa shape index (κ2) is 5.31. The molecule has 4 nitrogen and oxygen atoms in total. The Morgan fingerprint density at radius 1 is 1.22 bits per heavy atom. The molecule has 1 atom stereocenters. The van der Waals surface area contributed by atoms with Gasteiger partial charge in [-0.05, 0) is 41.9 Å². The van der Waals surface area contributed by atoms with Crippen molar-refractivity contribution in [2.24, 2.45) is 5.92 Å². The lowest BCUT2D eigenvalue weighted by Crippen LogP contribution is -2.31. The summed E-state index contributed by atoms with van der Waals surface area (Å²) in [5, 5.41) is 19.6. The van der Waals surface area contributed by atoms with E-state index in [-0.39, 0.29) is 23.4 Å². The van der Waals surface area contributed by atoms with Crippen LogP contribution in [0.1, 0.15) is 65.5 Å². The van der Waals surface area contributed by atoms with E-state index in [1.807, 2.05) is 6.07 Å². The fourth-order valence-corrected chi connectivity index (χ4v) is 3.87. The fourth-order valence-electron chi connectivity index (χ4n) is 3.87. The van der Waals surface area contributed by atoms with Gasteiger partial charge < -0.3 is 10.2 Å². The molecule has 23 heavy (non-hydrogen) atoms. The zero-order chi connectivity index (χ0) is 16.9. The second-order valence-corrected chi connectivity index (χ2v) is 7.26. The molecule has 0 fully saturated rings. The van der Waals surface area contributed by atoms with E-state index in [2.05, 4.69) is 13.8 Å². The highest BCUT2D eigenvalue weighted by atomic mass is 16.3. The minimum Gasteiger partial charge on any atom is -0.504 e. The Kier molecular flexibility index (Phi) is 3.68. The molecule has 2 aliphatic carbocycles. The first kappa shape index (κ1) is 15.9. The number of rotatable bonds is 2. The van der Waals surface area contributed by atoms with E-state index in [1.54, 1.807) is 13.0 Å². The number of ketones is 2. The molecule has 0 aliphatic heterocycles. The molecule has 0 bridgehead atoms. The van der Waals surface area contributed by atoms with Gasteiger partial charge in [0, 0.05) is 23.7 Å². The van der Waals surface area contributed by atoms with E-state index in [0.717, 1.165) is 30.4 Å². The van der Waals surface area contributed by atoms with Crippen LogP contribution in [0.3, 0.4) is 0 Å². The summed E-state index contributed by atoms with van der Waals surface area (Å²) < 4.78 is 0. The Morgan fingerprint density at radius 2 is 1.91 bits per heavy atom. The molecule has 0 heterocycles. The first-order chi connectivity index (χ1) is 10.8. The molecule has 0 spiro atoms. The van der Waals surface area contributed by atoms with Crippen molar-refractivity contribution in [1.82, 2.24) is 0 Å². The van der Waals surface area contributed by atoms with Crippen molar-refractivity contribution in [1.29, 1.82) is 0 Å². The molecule has 0 saturated heterocycles. The van der Waals surface area contributed by atoms with Crippen LogP contribution >= 0.6 is 0 Å². The highest BCUT2D eigenvalue weighted by Gasteiger charge is 2.39. The predicted octanol–water partition coefficient (Wildman–Crippen LogP) is 3.12. The number of allylic oxidation sites excluding steroid dienone is 1. The molecule has 3 rings (SSSR count). The third kappa shape index (κ3) is 2.24. The number of aliphatic hydroxyl groups excluding tert-OH is 2. The van der Waals surface area contributed by atoms with Gasteiger partial charge in [-0.3, -0.25) is 9.59 Å². The molecular formula is C19H22O4. The van der Waals surface area contributed by atoms with Crippen molar-refractivity contribution in [3.8, 4) is 0 Å². The summed E-state index contributed by atoms with van der Waals surface area (Å²) in [6.07, 6.45) is 2.75. The molecule has 1 aromatic rings. The molecule has 2 aliphatic rings. The number of hydrogen-bond acceptors (Lipinski definition) is 4. The lowest BCUT2D eigenvalue weighted by Gasteiger charge is -2.35. The smallest absolute Gasteiger partial charge is 0.228 e. The van der Waals surface area contributed by atoms with Crippen LogP contribution in [0.25, 0.3) is 0 Å². The first-order valence-corrected chi connectivity index (χ1v) is 8.09. The first-order valence-electron chi connectivity index (χ1n) is 8.09. The van der Waals surface area contributed by atoms with Gasteiger partial charge in [-0.25, -0.2) is 0 Å². The van der Waals surface area contributed by atoms with Gasteiger partial charge in [-0.1, -0.05) is 26.8 Å². The molecule has 0 amide bonds. The van der Waals surface area contributed by atoms with Crippen LogP contribution in [0.4, 0.5) is 0 Å². The van der Waals surface area contributed by atoms with E-state index in [1.165, 1.54) is 0 Å². The largest absolute Gasteiger partial charge is 0.504 e. The highest BCUT2D eigenvalue weighted by Crippen LogP contribution is 2.41. The molecule has 2 N–H and O–H groups in total. The maximum Gasteiger partial charge on any atom is 0.228 e. The lowest BCUT2D eigenvalue weighted by atomic mass is 9.69. The number of carbonyl (C=O) groups is 2. The van der Waals surface area contributed by atoms with Crippen LogP contribution in [0.5, 0.6) is 0 Å². The number of benzene rings is 1. The summed E-state index contributed by atoms with van der Waals surface area (Å²) in [5.74, 6) is -1.89. The van der Waals surface area contributed by atoms with Crippen LogP contribution in [0, 0.1) is 5.92 Å². The van der Waals surface area contributed by atoms with E-state index in [0.29, 0.717) is 11.1 Å². The Balaban J connectivity index is 2.24. The normalized spacial score (nSPS) is 21.0. The molecule has 4 heteroatoms. The van der Waals surface area contributed by atoms with E-state index in [9.17, 15) is 19.8 Å². The summed E-state index contributed by atoms with van der Waals surface area (Å²) in [4.78, 5) is 25.5. The summed E-state index contributed by atoms with van der Waals surface area (Å²) in [6, 6.07) is 3.65. The summed E-state index contributed by atoms with van der Waals surface area (Å²) in [7, 11) is 0. The zero-order valence-corrected chi connectivity index (χ0v) is 13.8. The standard InChI is InChI=1S/C19H22O4/c1-10(9-20)14-16(21)12-6-7-13-11(5-4-8-19(13,2)3)15(12)18(23)17(14)22/h6-7,10,20,22H,4-5,8-9H2,1-3H3/t10-/m0/s1. The van der Waals surface area contributed by atoms with E-state index in [4.69, 9.17) is 0 Å². The SMILES string of the molecule is C[C@@H](CO)C1=C(O)C(=O)c2c(ccc3c2CCCC3(C)C)C1=O. The van der Waals surface area contributed by atoms with Crippen molar-refractivity contribution in [3.05, 3.63) is 45.7 Å². The molecule has 1 aromatic carbocycles. The third-order valence-corrected chi connectivity index (χ3v) is 5.22. The van der Waals surface area contributed by atoms with Crippen LogP contribution in [-0.2, 0) is 11.8 Å². The molecule has 0 aromatic heterocycles. The second-order valence-electron chi connectivity index (χ2n) is 7.26. The van der Waals surface area contributed by atoms with E-state index >= 15 is 0 Å². The average Bonchev–Trinajstić information content (AvgIpc) is 2.51. The van der Waals surface area contributed by atoms with Crippen molar-refractivity contribution < 1.29 is 19.8 Å². The number of Topliss-reactive ketones (excluding diaryl/α,β-unsaturated/α-hetero) is 2. The van der Waals surface area contributed by atoms with Crippen LogP contribution in [0.15, 0.2) is 23.5 Å². The summed E-state index contributed by atoms with van der Waals surface area (Å²) >= 11 is 0.